The fourth-order valence-electron chi connectivity index (χ4n) is 0.667. The highest BCUT2D eigenvalue weighted by Crippen LogP contribution is 2.16. The normalized spacial score (nSPS) is 10.3. The highest BCUT2D eigenvalue weighted by molar-refractivity contribution is 6.30. The summed E-state index contributed by atoms with van der Waals surface area (Å²) in [4.78, 5) is 0. The van der Waals surface area contributed by atoms with Crippen LogP contribution in [0, 0.1) is 6.07 Å². The smallest absolute Gasteiger partial charge is 0.272 e. The number of hydrogen-bond acceptors (Lipinski definition) is 1. The van der Waals surface area contributed by atoms with Gasteiger partial charge in [0.25, 0.3) is 6.43 Å². The third kappa shape index (κ3) is 3.05. The second-order valence-electron chi connectivity index (χ2n) is 2.07. The number of ether oxygens (including phenoxy) is 1. The number of hydrogen-bond donors (Lipinski definition) is 0. The molecule has 0 unspecified atom stereocenters. The third-order valence-corrected chi connectivity index (χ3v) is 1.33. The Bertz CT molecular complexity index is 253. The molecule has 0 aliphatic rings. The Labute approximate surface area is 73.9 Å². The predicted octanol–water partition coefficient (Wildman–Crippen LogP) is 2.78. The molecule has 65 valence electrons. The molecule has 12 heavy (non-hydrogen) atoms. The molecule has 0 aliphatic carbocycles. The quantitative estimate of drug-likeness (QED) is 0.714. The van der Waals surface area contributed by atoms with Crippen molar-refractivity contribution in [3.05, 3.63) is 29.3 Å². The Morgan fingerprint density at radius 1 is 1.58 bits per heavy atom. The van der Waals surface area contributed by atoms with Gasteiger partial charge in [-0.15, -0.1) is 0 Å². The third-order valence-electron chi connectivity index (χ3n) is 1.11. The summed E-state index contributed by atoms with van der Waals surface area (Å²) >= 11 is 5.54. The van der Waals surface area contributed by atoms with Crippen LogP contribution in [0.4, 0.5) is 8.78 Å². The van der Waals surface area contributed by atoms with Crippen LogP contribution in [0.15, 0.2) is 18.2 Å². The summed E-state index contributed by atoms with van der Waals surface area (Å²) < 4.78 is 28.0. The van der Waals surface area contributed by atoms with E-state index in [1.165, 1.54) is 18.2 Å². The van der Waals surface area contributed by atoms with Crippen LogP contribution in [0.5, 0.6) is 5.75 Å². The zero-order valence-corrected chi connectivity index (χ0v) is 6.81. The Kier molecular flexibility index (Phi) is 3.29. The predicted molar refractivity (Wildman–Crippen MR) is 41.8 cm³/mol. The molecule has 0 saturated carbocycles. The molecule has 0 heterocycles. The summed E-state index contributed by atoms with van der Waals surface area (Å²) in [6.07, 6.45) is -2.46. The zero-order valence-electron chi connectivity index (χ0n) is 6.06. The van der Waals surface area contributed by atoms with Crippen molar-refractivity contribution in [3.8, 4) is 5.75 Å². The summed E-state index contributed by atoms with van der Waals surface area (Å²) in [5.74, 6) is 0.332. The van der Waals surface area contributed by atoms with Crippen molar-refractivity contribution in [2.24, 2.45) is 0 Å². The first-order valence-corrected chi connectivity index (χ1v) is 3.64. The van der Waals surface area contributed by atoms with Gasteiger partial charge in [-0.2, -0.15) is 0 Å². The summed E-state index contributed by atoms with van der Waals surface area (Å²) in [6.45, 7) is -0.611. The fourth-order valence-corrected chi connectivity index (χ4v) is 0.838. The van der Waals surface area contributed by atoms with E-state index in [-0.39, 0.29) is 0 Å². The number of halogens is 3. The van der Waals surface area contributed by atoms with Crippen LogP contribution in [0.2, 0.25) is 5.02 Å². The Balaban J connectivity index is 2.52. The first kappa shape index (κ1) is 9.26. The van der Waals surface area contributed by atoms with Gasteiger partial charge in [0, 0.05) is 6.07 Å². The monoisotopic (exact) mass is 191 g/mol. The van der Waals surface area contributed by atoms with E-state index < -0.39 is 13.0 Å². The minimum atomic E-state index is -2.46. The Morgan fingerprint density at radius 3 is 2.92 bits per heavy atom. The molecule has 1 rings (SSSR count). The molecule has 0 aromatic heterocycles. The van der Waals surface area contributed by atoms with Crippen LogP contribution in [-0.4, -0.2) is 13.0 Å². The van der Waals surface area contributed by atoms with Crippen LogP contribution in [0.3, 0.4) is 0 Å². The van der Waals surface area contributed by atoms with Gasteiger partial charge in [-0.1, -0.05) is 11.6 Å². The lowest BCUT2D eigenvalue weighted by Gasteiger charge is -2.04. The molecule has 0 atom stereocenters. The topological polar surface area (TPSA) is 9.23 Å². The van der Waals surface area contributed by atoms with E-state index in [1.54, 1.807) is 0 Å². The standard InChI is InChI=1S/C8H6ClF2O/c9-6-2-1-3-7(4-6)12-5-8(10)11/h1,3-4,8H,5H2. The van der Waals surface area contributed by atoms with Gasteiger partial charge in [0.05, 0.1) is 5.02 Å². The fraction of sp³-hybridized carbons (Fsp3) is 0.250. The molecule has 0 saturated heterocycles. The van der Waals surface area contributed by atoms with Crippen molar-refractivity contribution in [3.63, 3.8) is 0 Å². The van der Waals surface area contributed by atoms with Crippen molar-refractivity contribution in [1.82, 2.24) is 0 Å². The van der Waals surface area contributed by atoms with Gasteiger partial charge in [0.2, 0.25) is 0 Å². The van der Waals surface area contributed by atoms with Gasteiger partial charge in [0.15, 0.2) is 0 Å². The summed E-state index contributed by atoms with van der Waals surface area (Å²) in [5, 5.41) is 0.349. The van der Waals surface area contributed by atoms with Crippen LogP contribution in [0.1, 0.15) is 0 Å². The van der Waals surface area contributed by atoms with Gasteiger partial charge in [-0.25, -0.2) is 8.78 Å². The van der Waals surface area contributed by atoms with E-state index >= 15 is 0 Å². The van der Waals surface area contributed by atoms with E-state index in [1.807, 2.05) is 0 Å². The summed E-state index contributed by atoms with van der Waals surface area (Å²) in [6, 6.07) is 7.13. The number of benzene rings is 1. The average molecular weight is 192 g/mol. The minimum Gasteiger partial charge on any atom is -0.488 e. The second-order valence-corrected chi connectivity index (χ2v) is 2.48. The highest BCUT2D eigenvalue weighted by atomic mass is 35.5. The molecule has 0 fully saturated rings. The van der Waals surface area contributed by atoms with Crippen LogP contribution in [-0.2, 0) is 0 Å². The Morgan fingerprint density at radius 2 is 2.33 bits per heavy atom. The highest BCUT2D eigenvalue weighted by Gasteiger charge is 2.03. The molecule has 1 nitrogen and oxygen atoms in total. The number of alkyl halides is 2. The van der Waals surface area contributed by atoms with Crippen molar-refractivity contribution in [1.29, 1.82) is 0 Å². The van der Waals surface area contributed by atoms with E-state index in [0.29, 0.717) is 10.8 Å². The molecule has 1 aromatic carbocycles. The van der Waals surface area contributed by atoms with Crippen LogP contribution >= 0.6 is 11.6 Å². The van der Waals surface area contributed by atoms with Gasteiger partial charge >= 0.3 is 0 Å². The molecule has 4 heteroatoms. The maximum atomic E-state index is 11.7. The SMILES string of the molecule is FC(F)COc1cc[c]c(Cl)c1. The van der Waals surface area contributed by atoms with Crippen molar-refractivity contribution in [2.75, 3.05) is 6.61 Å². The van der Waals surface area contributed by atoms with Crippen LogP contribution < -0.4 is 4.74 Å². The van der Waals surface area contributed by atoms with Gasteiger partial charge in [-0.05, 0) is 18.2 Å². The van der Waals surface area contributed by atoms with E-state index in [0.717, 1.165) is 0 Å². The van der Waals surface area contributed by atoms with E-state index in [2.05, 4.69) is 6.07 Å². The van der Waals surface area contributed by atoms with Gasteiger partial charge in [0.1, 0.15) is 12.4 Å². The minimum absolute atomic E-state index is 0.332. The van der Waals surface area contributed by atoms with Crippen molar-refractivity contribution >= 4 is 11.6 Å². The van der Waals surface area contributed by atoms with Gasteiger partial charge in [-0.3, -0.25) is 0 Å². The van der Waals surface area contributed by atoms with Crippen LogP contribution in [0.25, 0.3) is 0 Å². The molecular formula is C8H6ClF2O. The summed E-state index contributed by atoms with van der Waals surface area (Å²) in [7, 11) is 0. The lowest BCUT2D eigenvalue weighted by atomic mass is 10.3. The lowest BCUT2D eigenvalue weighted by Crippen LogP contribution is -2.06. The molecule has 0 spiro atoms. The second kappa shape index (κ2) is 4.26. The Hall–Kier alpha value is -0.830. The summed E-state index contributed by atoms with van der Waals surface area (Å²) in [5.41, 5.74) is 0. The van der Waals surface area contributed by atoms with E-state index in [4.69, 9.17) is 16.3 Å². The molecule has 0 bridgehead atoms. The first-order valence-electron chi connectivity index (χ1n) is 3.26. The van der Waals surface area contributed by atoms with Crippen molar-refractivity contribution < 1.29 is 13.5 Å². The zero-order chi connectivity index (χ0) is 8.97. The molecule has 1 radical (unpaired) electrons. The van der Waals surface area contributed by atoms with E-state index in [9.17, 15) is 8.78 Å². The molecule has 0 amide bonds. The first-order chi connectivity index (χ1) is 5.68. The molecular weight excluding hydrogens is 186 g/mol. The molecule has 1 aromatic rings. The number of rotatable bonds is 3. The maximum absolute atomic E-state index is 11.7. The van der Waals surface area contributed by atoms with Gasteiger partial charge < -0.3 is 4.74 Å². The molecule has 0 aliphatic heterocycles. The molecule has 0 N–H and O–H groups in total. The van der Waals surface area contributed by atoms with Crippen molar-refractivity contribution in [2.45, 2.75) is 6.43 Å². The largest absolute Gasteiger partial charge is 0.488 e. The maximum Gasteiger partial charge on any atom is 0.272 e. The average Bonchev–Trinajstić information content (AvgIpc) is 2.01. The lowest BCUT2D eigenvalue weighted by molar-refractivity contribution is 0.0819.